The molecule has 1 N–H and O–H groups in total. The Labute approximate surface area is 126 Å². The van der Waals surface area contributed by atoms with Crippen molar-refractivity contribution in [1.29, 1.82) is 0 Å². The van der Waals surface area contributed by atoms with E-state index in [0.29, 0.717) is 6.10 Å². The van der Waals surface area contributed by atoms with Crippen molar-refractivity contribution in [2.45, 2.75) is 43.9 Å². The minimum Gasteiger partial charge on any atom is -0.497 e. The van der Waals surface area contributed by atoms with Crippen LogP contribution < -0.4 is 4.74 Å². The van der Waals surface area contributed by atoms with Gasteiger partial charge < -0.3 is 14.6 Å². The van der Waals surface area contributed by atoms with Gasteiger partial charge in [0.05, 0.1) is 19.3 Å². The number of benzene rings is 1. The molecule has 0 aromatic heterocycles. The molecule has 1 fully saturated rings. The molecule has 1 aromatic rings. The molecular formula is C17H25NO3. The van der Waals surface area contributed by atoms with Crippen LogP contribution in [0.15, 0.2) is 18.2 Å². The molecule has 1 saturated heterocycles. The third-order valence-corrected chi connectivity index (χ3v) is 4.96. The van der Waals surface area contributed by atoms with Gasteiger partial charge in [0.25, 0.3) is 0 Å². The maximum absolute atomic E-state index is 10.8. The lowest BCUT2D eigenvalue weighted by Crippen LogP contribution is -2.49. The number of fused-ring (bicyclic) bond motifs is 1. The van der Waals surface area contributed by atoms with Gasteiger partial charge in [0.15, 0.2) is 0 Å². The van der Waals surface area contributed by atoms with Gasteiger partial charge in [0.2, 0.25) is 0 Å². The third kappa shape index (κ3) is 2.93. The van der Waals surface area contributed by atoms with Crippen molar-refractivity contribution < 1.29 is 14.6 Å². The van der Waals surface area contributed by atoms with E-state index in [4.69, 9.17) is 9.47 Å². The van der Waals surface area contributed by atoms with Crippen LogP contribution in [0.5, 0.6) is 5.75 Å². The average molecular weight is 291 g/mol. The van der Waals surface area contributed by atoms with Crippen LogP contribution in [-0.4, -0.2) is 49.5 Å². The highest BCUT2D eigenvalue weighted by Crippen LogP contribution is 2.36. The minimum atomic E-state index is -0.431. The number of hydrogen-bond donors (Lipinski definition) is 1. The second-order valence-electron chi connectivity index (χ2n) is 6.11. The summed E-state index contributed by atoms with van der Waals surface area (Å²) in [5, 5.41) is 10.8. The number of ether oxygens (including phenoxy) is 2. The molecule has 116 valence electrons. The summed E-state index contributed by atoms with van der Waals surface area (Å²) in [6.45, 7) is 1.98. The molecular weight excluding hydrogens is 266 g/mol. The Morgan fingerprint density at radius 1 is 1.24 bits per heavy atom. The summed E-state index contributed by atoms with van der Waals surface area (Å²) < 4.78 is 10.8. The molecule has 3 atom stereocenters. The van der Waals surface area contributed by atoms with Crippen LogP contribution in [0, 0.1) is 0 Å². The van der Waals surface area contributed by atoms with Gasteiger partial charge in [-0.15, -0.1) is 0 Å². The van der Waals surface area contributed by atoms with Crippen LogP contribution in [0.2, 0.25) is 0 Å². The second kappa shape index (κ2) is 6.34. The van der Waals surface area contributed by atoms with E-state index in [9.17, 15) is 5.11 Å². The van der Waals surface area contributed by atoms with Crippen molar-refractivity contribution in [3.8, 4) is 5.75 Å². The van der Waals surface area contributed by atoms with Crippen LogP contribution in [0.1, 0.15) is 36.5 Å². The summed E-state index contributed by atoms with van der Waals surface area (Å²) in [6, 6.07) is 6.25. The lowest BCUT2D eigenvalue weighted by molar-refractivity contribution is -0.0260. The number of likely N-dealkylation sites (tertiary alicyclic amines) is 1. The molecule has 0 amide bonds. The van der Waals surface area contributed by atoms with Gasteiger partial charge in [-0.2, -0.15) is 0 Å². The number of aliphatic hydroxyl groups is 1. The predicted molar refractivity (Wildman–Crippen MR) is 81.7 cm³/mol. The van der Waals surface area contributed by atoms with Crippen molar-refractivity contribution in [3.63, 3.8) is 0 Å². The number of rotatable bonds is 3. The van der Waals surface area contributed by atoms with E-state index in [1.54, 1.807) is 14.2 Å². The van der Waals surface area contributed by atoms with Crippen LogP contribution >= 0.6 is 0 Å². The van der Waals surface area contributed by atoms with Gasteiger partial charge in [0.1, 0.15) is 5.75 Å². The molecule has 0 radical (unpaired) electrons. The molecule has 2 aliphatic rings. The number of nitrogens with zero attached hydrogens (tertiary/aromatic N) is 1. The fourth-order valence-electron chi connectivity index (χ4n) is 3.71. The Morgan fingerprint density at radius 2 is 2.10 bits per heavy atom. The largest absolute Gasteiger partial charge is 0.497 e. The first-order valence-corrected chi connectivity index (χ1v) is 7.84. The first-order chi connectivity index (χ1) is 10.2. The van der Waals surface area contributed by atoms with Crippen molar-refractivity contribution in [2.75, 3.05) is 27.3 Å². The van der Waals surface area contributed by atoms with Gasteiger partial charge >= 0.3 is 0 Å². The molecule has 4 heteroatoms. The predicted octanol–water partition coefficient (Wildman–Crippen LogP) is 2.15. The molecule has 3 unspecified atom stereocenters. The summed E-state index contributed by atoms with van der Waals surface area (Å²) in [7, 11) is 3.45. The van der Waals surface area contributed by atoms with Gasteiger partial charge in [-0.3, -0.25) is 4.90 Å². The number of methoxy groups -OCH3 is 2. The molecule has 21 heavy (non-hydrogen) atoms. The van der Waals surface area contributed by atoms with Gasteiger partial charge in [-0.25, -0.2) is 0 Å². The highest BCUT2D eigenvalue weighted by atomic mass is 16.5. The highest BCUT2D eigenvalue weighted by molar-refractivity contribution is 5.39. The maximum Gasteiger partial charge on any atom is 0.119 e. The van der Waals surface area contributed by atoms with Crippen LogP contribution in [0.25, 0.3) is 0 Å². The Hall–Kier alpha value is -1.10. The molecule has 1 aliphatic carbocycles. The first kappa shape index (κ1) is 14.8. The van der Waals surface area contributed by atoms with E-state index in [-0.39, 0.29) is 6.04 Å². The molecule has 0 spiro atoms. The normalized spacial score (nSPS) is 30.0. The van der Waals surface area contributed by atoms with Crippen LogP contribution in [0.4, 0.5) is 0 Å². The fraction of sp³-hybridized carbons (Fsp3) is 0.647. The molecule has 0 saturated carbocycles. The van der Waals surface area contributed by atoms with Gasteiger partial charge in [-0.05, 0) is 55.5 Å². The Kier molecular flexibility index (Phi) is 4.48. The minimum absolute atomic E-state index is 0.197. The van der Waals surface area contributed by atoms with Crippen molar-refractivity contribution in [1.82, 2.24) is 4.90 Å². The molecule has 1 aromatic carbocycles. The quantitative estimate of drug-likeness (QED) is 0.926. The summed E-state index contributed by atoms with van der Waals surface area (Å²) in [5.74, 6) is 0.821. The Balaban J connectivity index is 1.79. The van der Waals surface area contributed by atoms with Crippen molar-refractivity contribution in [3.05, 3.63) is 29.3 Å². The van der Waals surface area contributed by atoms with Crippen LogP contribution in [-0.2, 0) is 11.2 Å². The maximum atomic E-state index is 10.8. The smallest absolute Gasteiger partial charge is 0.119 e. The zero-order valence-corrected chi connectivity index (χ0v) is 12.9. The fourth-order valence-corrected chi connectivity index (χ4v) is 3.71. The standard InChI is InChI=1S/C17H25NO3/c1-20-13-7-5-12-6-8-16(17(19)15(12)10-13)18-9-3-4-14(11-18)21-2/h5,7,10,14,16-17,19H,3-4,6,8-9,11H2,1-2H3. The molecule has 1 heterocycles. The summed E-state index contributed by atoms with van der Waals surface area (Å²) in [6.07, 6.45) is 4.18. The SMILES string of the molecule is COc1ccc2c(c1)C(O)C(N1CCCC(OC)C1)CC2. The van der Waals surface area contributed by atoms with E-state index >= 15 is 0 Å². The molecule has 0 bridgehead atoms. The zero-order chi connectivity index (χ0) is 14.8. The number of aliphatic hydroxyl groups excluding tert-OH is 1. The van der Waals surface area contributed by atoms with E-state index in [2.05, 4.69) is 11.0 Å². The van der Waals surface area contributed by atoms with E-state index < -0.39 is 6.10 Å². The molecule has 4 nitrogen and oxygen atoms in total. The summed E-state index contributed by atoms with van der Waals surface area (Å²) in [4.78, 5) is 2.41. The first-order valence-electron chi connectivity index (χ1n) is 7.84. The van der Waals surface area contributed by atoms with E-state index in [1.807, 2.05) is 12.1 Å². The Bertz CT molecular complexity index is 491. The summed E-state index contributed by atoms with van der Waals surface area (Å²) in [5.41, 5.74) is 2.28. The van der Waals surface area contributed by atoms with Crippen molar-refractivity contribution in [2.24, 2.45) is 0 Å². The number of hydrogen-bond acceptors (Lipinski definition) is 4. The van der Waals surface area contributed by atoms with Crippen LogP contribution in [0.3, 0.4) is 0 Å². The number of piperidine rings is 1. The average Bonchev–Trinajstić information content (AvgIpc) is 2.55. The van der Waals surface area contributed by atoms with E-state index in [0.717, 1.165) is 50.1 Å². The Morgan fingerprint density at radius 3 is 2.86 bits per heavy atom. The molecule has 1 aliphatic heterocycles. The topological polar surface area (TPSA) is 41.9 Å². The lowest BCUT2D eigenvalue weighted by Gasteiger charge is -2.42. The second-order valence-corrected chi connectivity index (χ2v) is 6.11. The lowest BCUT2D eigenvalue weighted by atomic mass is 9.84. The monoisotopic (exact) mass is 291 g/mol. The summed E-state index contributed by atoms with van der Waals surface area (Å²) >= 11 is 0. The van der Waals surface area contributed by atoms with Gasteiger partial charge in [-0.1, -0.05) is 6.07 Å². The van der Waals surface area contributed by atoms with Crippen molar-refractivity contribution >= 4 is 0 Å². The zero-order valence-electron chi connectivity index (χ0n) is 12.9. The van der Waals surface area contributed by atoms with Gasteiger partial charge in [0, 0.05) is 19.7 Å². The number of aryl methyl sites for hydroxylation is 1. The third-order valence-electron chi connectivity index (χ3n) is 4.96. The van der Waals surface area contributed by atoms with E-state index in [1.165, 1.54) is 5.56 Å². The molecule has 3 rings (SSSR count). The highest BCUT2D eigenvalue weighted by Gasteiger charge is 2.34.